The van der Waals surface area contributed by atoms with Crippen LogP contribution in [0.25, 0.3) is 0 Å². The Morgan fingerprint density at radius 2 is 1.92 bits per heavy atom. The number of ether oxygens (including phenoxy) is 1. The minimum Gasteiger partial charge on any atom is -0.468 e. The van der Waals surface area contributed by atoms with Gasteiger partial charge in [-0.1, -0.05) is 24.3 Å². The molecule has 0 fully saturated rings. The molecule has 0 spiro atoms. The van der Waals surface area contributed by atoms with E-state index in [-0.39, 0.29) is 18.3 Å². The molecule has 2 aromatic rings. The zero-order chi connectivity index (χ0) is 17.5. The first-order valence-electron chi connectivity index (χ1n) is 7.60. The van der Waals surface area contributed by atoms with E-state index in [0.29, 0.717) is 12.1 Å². The third-order valence-electron chi connectivity index (χ3n) is 3.72. The van der Waals surface area contributed by atoms with Crippen molar-refractivity contribution in [1.82, 2.24) is 0 Å². The largest absolute Gasteiger partial charge is 0.468 e. The second kappa shape index (κ2) is 8.01. The van der Waals surface area contributed by atoms with Gasteiger partial charge in [0.15, 0.2) is 0 Å². The number of carbonyl (C=O) groups is 1. The summed E-state index contributed by atoms with van der Waals surface area (Å²) in [5.74, 6) is -0.325. The van der Waals surface area contributed by atoms with E-state index >= 15 is 0 Å². The lowest BCUT2D eigenvalue weighted by Gasteiger charge is -2.24. The molecule has 6 heteroatoms. The summed E-state index contributed by atoms with van der Waals surface area (Å²) < 4.78 is 4.78. The number of esters is 1. The van der Waals surface area contributed by atoms with Crippen LogP contribution in [0.2, 0.25) is 0 Å². The molecular weight excluding hydrogens is 304 g/mol. The van der Waals surface area contributed by atoms with E-state index in [2.05, 4.69) is 0 Å². The molecule has 0 aliphatic rings. The maximum atomic E-state index is 11.7. The van der Waals surface area contributed by atoms with Crippen LogP contribution in [0.15, 0.2) is 48.5 Å². The van der Waals surface area contributed by atoms with Crippen LogP contribution in [0.3, 0.4) is 0 Å². The smallest absolute Gasteiger partial charge is 0.325 e. The van der Waals surface area contributed by atoms with E-state index in [1.165, 1.54) is 7.11 Å². The van der Waals surface area contributed by atoms with Gasteiger partial charge >= 0.3 is 5.97 Å². The fraction of sp³-hybridized carbons (Fsp3) is 0.222. The minimum absolute atomic E-state index is 0.00611. The number of nitrogens with zero attached hydrogens (tertiary/aromatic N) is 1. The summed E-state index contributed by atoms with van der Waals surface area (Å²) in [4.78, 5) is 13.6. The van der Waals surface area contributed by atoms with E-state index in [1.807, 2.05) is 41.3 Å². The highest BCUT2D eigenvalue weighted by molar-refractivity contribution is 5.95. The van der Waals surface area contributed by atoms with Crippen LogP contribution >= 0.6 is 0 Å². The average Bonchev–Trinajstić information content (AvgIpc) is 2.59. The predicted octanol–water partition coefficient (Wildman–Crippen LogP) is 1.77. The highest BCUT2D eigenvalue weighted by atomic mass is 16.5. The number of nitrogen functional groups attached to an aromatic ring is 2. The summed E-state index contributed by atoms with van der Waals surface area (Å²) in [5.41, 5.74) is 14.5. The van der Waals surface area contributed by atoms with E-state index < -0.39 is 0 Å². The van der Waals surface area contributed by atoms with Crippen molar-refractivity contribution in [1.29, 1.82) is 5.41 Å². The van der Waals surface area contributed by atoms with Gasteiger partial charge in [-0.25, -0.2) is 0 Å². The van der Waals surface area contributed by atoms with Crippen molar-refractivity contribution in [3.8, 4) is 0 Å². The molecule has 0 bridgehead atoms. The van der Waals surface area contributed by atoms with Crippen LogP contribution in [0, 0.1) is 5.41 Å². The van der Waals surface area contributed by atoms with Crippen molar-refractivity contribution in [2.45, 2.75) is 6.42 Å². The maximum Gasteiger partial charge on any atom is 0.325 e. The molecule has 0 atom stereocenters. The van der Waals surface area contributed by atoms with Gasteiger partial charge in [0, 0.05) is 23.5 Å². The van der Waals surface area contributed by atoms with Gasteiger partial charge in [-0.3, -0.25) is 10.2 Å². The maximum absolute atomic E-state index is 11.7. The normalized spacial score (nSPS) is 10.2. The second-order valence-electron chi connectivity index (χ2n) is 5.45. The number of nitrogens with one attached hydrogen (secondary N) is 1. The molecule has 2 rings (SSSR count). The number of rotatable bonds is 7. The van der Waals surface area contributed by atoms with Gasteiger partial charge in [0.05, 0.1) is 7.11 Å². The van der Waals surface area contributed by atoms with Crippen LogP contribution in [-0.4, -0.2) is 32.0 Å². The minimum atomic E-state index is -0.319. The summed E-state index contributed by atoms with van der Waals surface area (Å²) in [6, 6.07) is 14.9. The Kier molecular flexibility index (Phi) is 5.78. The van der Waals surface area contributed by atoms with Crippen molar-refractivity contribution in [2.75, 3.05) is 30.8 Å². The van der Waals surface area contributed by atoms with Gasteiger partial charge in [-0.05, 0) is 36.2 Å². The Morgan fingerprint density at radius 3 is 2.54 bits per heavy atom. The SMILES string of the molecule is COC(=O)CN(CCc1ccc(N)cc1)c1cccc(C(=N)N)c1. The molecular formula is C18H22N4O2. The quantitative estimate of drug-likeness (QED) is 0.311. The van der Waals surface area contributed by atoms with Gasteiger partial charge in [0.1, 0.15) is 12.4 Å². The predicted molar refractivity (Wildman–Crippen MR) is 96.2 cm³/mol. The second-order valence-corrected chi connectivity index (χ2v) is 5.45. The monoisotopic (exact) mass is 326 g/mol. The number of benzene rings is 2. The first kappa shape index (κ1) is 17.3. The number of nitrogens with two attached hydrogens (primary N) is 2. The molecule has 24 heavy (non-hydrogen) atoms. The Bertz CT molecular complexity index is 713. The van der Waals surface area contributed by atoms with Crippen LogP contribution in [0.5, 0.6) is 0 Å². The third kappa shape index (κ3) is 4.74. The molecule has 2 aromatic carbocycles. The summed E-state index contributed by atoms with van der Waals surface area (Å²) in [6.07, 6.45) is 0.752. The first-order chi connectivity index (χ1) is 11.5. The van der Waals surface area contributed by atoms with E-state index in [0.717, 1.165) is 23.4 Å². The topological polar surface area (TPSA) is 105 Å². The molecule has 0 heterocycles. The van der Waals surface area contributed by atoms with Crippen LogP contribution < -0.4 is 16.4 Å². The lowest BCUT2D eigenvalue weighted by Crippen LogP contribution is -2.32. The Balaban J connectivity index is 2.17. The Hall–Kier alpha value is -3.02. The van der Waals surface area contributed by atoms with E-state index in [9.17, 15) is 4.79 Å². The van der Waals surface area contributed by atoms with E-state index in [1.54, 1.807) is 12.1 Å². The summed E-state index contributed by atoms with van der Waals surface area (Å²) in [7, 11) is 1.37. The zero-order valence-corrected chi connectivity index (χ0v) is 13.7. The number of amidine groups is 1. The summed E-state index contributed by atoms with van der Waals surface area (Å²) >= 11 is 0. The number of hydrogen-bond donors (Lipinski definition) is 3. The van der Waals surface area contributed by atoms with Crippen LogP contribution in [-0.2, 0) is 16.0 Å². The van der Waals surface area contributed by atoms with E-state index in [4.69, 9.17) is 21.6 Å². The van der Waals surface area contributed by atoms with Gasteiger partial charge in [-0.2, -0.15) is 0 Å². The van der Waals surface area contributed by atoms with Crippen LogP contribution in [0.1, 0.15) is 11.1 Å². The molecule has 0 radical (unpaired) electrons. The Labute approximate surface area is 141 Å². The van der Waals surface area contributed by atoms with Crippen LogP contribution in [0.4, 0.5) is 11.4 Å². The summed E-state index contributed by atoms with van der Waals surface area (Å²) in [5, 5.41) is 7.56. The molecule has 0 aliphatic carbocycles. The fourth-order valence-corrected chi connectivity index (χ4v) is 2.34. The molecule has 5 N–H and O–H groups in total. The average molecular weight is 326 g/mol. The lowest BCUT2D eigenvalue weighted by molar-refractivity contribution is -0.138. The molecule has 6 nitrogen and oxygen atoms in total. The van der Waals surface area contributed by atoms with Crippen molar-refractivity contribution in [3.63, 3.8) is 0 Å². The highest BCUT2D eigenvalue weighted by Crippen LogP contribution is 2.17. The molecule has 0 unspecified atom stereocenters. The molecule has 0 saturated heterocycles. The summed E-state index contributed by atoms with van der Waals surface area (Å²) in [6.45, 7) is 0.757. The van der Waals surface area contributed by atoms with Gasteiger partial charge in [0.2, 0.25) is 0 Å². The zero-order valence-electron chi connectivity index (χ0n) is 13.7. The third-order valence-corrected chi connectivity index (χ3v) is 3.72. The fourth-order valence-electron chi connectivity index (χ4n) is 2.34. The van der Waals surface area contributed by atoms with Gasteiger partial charge in [-0.15, -0.1) is 0 Å². The first-order valence-corrected chi connectivity index (χ1v) is 7.60. The van der Waals surface area contributed by atoms with Crippen molar-refractivity contribution < 1.29 is 9.53 Å². The van der Waals surface area contributed by atoms with Gasteiger partial charge in [0.25, 0.3) is 0 Å². The number of hydrogen-bond acceptors (Lipinski definition) is 5. The molecule has 0 aromatic heterocycles. The number of anilines is 2. The highest BCUT2D eigenvalue weighted by Gasteiger charge is 2.13. The molecule has 0 saturated carbocycles. The van der Waals surface area contributed by atoms with Crippen molar-refractivity contribution in [2.24, 2.45) is 5.73 Å². The lowest BCUT2D eigenvalue weighted by atomic mass is 10.1. The number of methoxy groups -OCH3 is 1. The molecule has 0 amide bonds. The van der Waals surface area contributed by atoms with Gasteiger partial charge < -0.3 is 21.1 Å². The molecule has 0 aliphatic heterocycles. The van der Waals surface area contributed by atoms with Crippen molar-refractivity contribution >= 4 is 23.2 Å². The molecule has 126 valence electrons. The Morgan fingerprint density at radius 1 is 1.21 bits per heavy atom. The standard InChI is InChI=1S/C18H22N4O2/c1-24-17(23)12-22(10-9-13-5-7-15(19)8-6-13)16-4-2-3-14(11-16)18(20)21/h2-8,11H,9-10,12,19H2,1H3,(H3,20,21). The number of carbonyl (C=O) groups excluding carboxylic acids is 1. The van der Waals surface area contributed by atoms with Crippen molar-refractivity contribution in [3.05, 3.63) is 59.7 Å².